The molecule has 1 unspecified atom stereocenters. The number of carbonyl (C=O) groups is 2. The van der Waals surface area contributed by atoms with Crippen molar-refractivity contribution in [2.24, 2.45) is 11.3 Å². The lowest BCUT2D eigenvalue weighted by atomic mass is 9.95. The average molecular weight is 661 g/mol. The molecule has 0 heterocycles. The maximum Gasteiger partial charge on any atom is 0.343 e. The van der Waals surface area contributed by atoms with E-state index in [1.54, 1.807) is 38.1 Å². The molecule has 0 saturated carbocycles. The Balaban J connectivity index is 1.23. The van der Waals surface area contributed by atoms with Crippen LogP contribution in [-0.4, -0.2) is 43.5 Å². The molecular weight excluding hydrogens is 604 g/mol. The minimum Gasteiger partial charge on any atom is -0.494 e. The lowest BCUT2D eigenvalue weighted by Gasteiger charge is -2.19. The minimum absolute atomic E-state index is 0.194. The van der Waals surface area contributed by atoms with Crippen LogP contribution in [0.1, 0.15) is 109 Å². The van der Waals surface area contributed by atoms with Crippen molar-refractivity contribution < 1.29 is 33.6 Å². The van der Waals surface area contributed by atoms with E-state index in [1.807, 2.05) is 48.5 Å². The van der Waals surface area contributed by atoms with Gasteiger partial charge in [-0.05, 0) is 92.3 Å². The number of ether oxygens (including phenoxy) is 4. The summed E-state index contributed by atoms with van der Waals surface area (Å²) in [7, 11) is 0. The second-order valence-corrected chi connectivity index (χ2v) is 13.3. The van der Waals surface area contributed by atoms with Crippen molar-refractivity contribution in [3.8, 4) is 28.4 Å². The fraction of sp³-hybridized carbons (Fsp3) is 0.512. The molecule has 0 aliphatic rings. The Kier molecular flexibility index (Phi) is 17.0. The summed E-state index contributed by atoms with van der Waals surface area (Å²) in [5.74, 6) is 1.89. The van der Waals surface area contributed by atoms with Gasteiger partial charge in [-0.3, -0.25) is 4.79 Å². The predicted octanol–water partition coefficient (Wildman–Crippen LogP) is 9.84. The Morgan fingerprint density at radius 3 is 1.65 bits per heavy atom. The fourth-order valence-electron chi connectivity index (χ4n) is 4.90. The molecule has 3 rings (SSSR count). The minimum atomic E-state index is -0.812. The summed E-state index contributed by atoms with van der Waals surface area (Å²) in [4.78, 5) is 24.5. The quantitative estimate of drug-likeness (QED) is 0.0615. The van der Waals surface area contributed by atoms with Crippen molar-refractivity contribution in [1.29, 1.82) is 0 Å². The summed E-state index contributed by atoms with van der Waals surface area (Å²) in [5.41, 5.74) is 1.76. The third-order valence-corrected chi connectivity index (χ3v) is 8.56. The molecule has 0 spiro atoms. The zero-order valence-corrected chi connectivity index (χ0v) is 29.5. The molecule has 1 N–H and O–H groups in total. The summed E-state index contributed by atoms with van der Waals surface area (Å²) in [6, 6.07) is 22.7. The molecule has 3 aromatic carbocycles. The number of esters is 2. The molecule has 0 saturated heterocycles. The fourth-order valence-corrected chi connectivity index (χ4v) is 4.90. The number of aliphatic hydroxyl groups excluding tert-OH is 1. The molecule has 3 aromatic rings. The number of rotatable bonds is 23. The Morgan fingerprint density at radius 2 is 1.10 bits per heavy atom. The van der Waals surface area contributed by atoms with Crippen LogP contribution in [0.5, 0.6) is 17.2 Å². The highest BCUT2D eigenvalue weighted by Crippen LogP contribution is 2.25. The second kappa shape index (κ2) is 21.2. The predicted molar refractivity (Wildman–Crippen MR) is 192 cm³/mol. The summed E-state index contributed by atoms with van der Waals surface area (Å²) >= 11 is 0. The van der Waals surface area contributed by atoms with Gasteiger partial charge in [-0.1, -0.05) is 95.9 Å². The molecule has 48 heavy (non-hydrogen) atoms. The van der Waals surface area contributed by atoms with E-state index in [2.05, 4.69) is 13.8 Å². The second-order valence-electron chi connectivity index (χ2n) is 13.3. The first-order chi connectivity index (χ1) is 23.2. The van der Waals surface area contributed by atoms with Crippen LogP contribution in [0, 0.1) is 11.3 Å². The number of aliphatic hydroxyl groups is 1. The first-order valence-electron chi connectivity index (χ1n) is 17.8. The molecule has 0 aliphatic heterocycles. The topological polar surface area (TPSA) is 91.3 Å². The molecule has 1 atom stereocenters. The molecule has 7 heteroatoms. The number of carbonyl (C=O) groups excluding carboxylic acids is 2. The molecular formula is C41H56O7. The zero-order chi connectivity index (χ0) is 34.6. The van der Waals surface area contributed by atoms with E-state index >= 15 is 0 Å². The molecule has 0 fully saturated rings. The third kappa shape index (κ3) is 14.1. The Bertz CT molecular complexity index is 1330. The van der Waals surface area contributed by atoms with Crippen LogP contribution in [-0.2, 0) is 9.53 Å². The van der Waals surface area contributed by atoms with Crippen LogP contribution >= 0.6 is 0 Å². The summed E-state index contributed by atoms with van der Waals surface area (Å²) in [6.45, 7) is 9.30. The van der Waals surface area contributed by atoms with Crippen LogP contribution in [0.25, 0.3) is 11.1 Å². The Morgan fingerprint density at radius 1 is 0.646 bits per heavy atom. The van der Waals surface area contributed by atoms with Crippen molar-refractivity contribution >= 4 is 11.9 Å². The number of hydrogen-bond acceptors (Lipinski definition) is 7. The normalized spacial score (nSPS) is 11.9. The van der Waals surface area contributed by atoms with E-state index in [1.165, 1.54) is 44.9 Å². The smallest absolute Gasteiger partial charge is 0.343 e. The summed E-state index contributed by atoms with van der Waals surface area (Å²) in [5, 5.41) is 9.20. The van der Waals surface area contributed by atoms with Gasteiger partial charge in [0, 0.05) is 0 Å². The van der Waals surface area contributed by atoms with Crippen molar-refractivity contribution in [3.05, 3.63) is 78.4 Å². The molecule has 0 aromatic heterocycles. The standard InChI is InChI=1S/C41H56O7/c1-5-32(2)30-47-37-24-26-38(27-25-37)48-39(43)35-18-16-33(17-19-35)34-20-22-36(23-21-34)45-28-14-12-10-8-6-7-9-11-13-15-29-46-40(44)41(3,4)31-42/h16-27,32,42H,5-15,28-31H2,1-4H3. The van der Waals surface area contributed by atoms with Gasteiger partial charge in [0.25, 0.3) is 0 Å². The lowest BCUT2D eigenvalue weighted by molar-refractivity contribution is -0.156. The van der Waals surface area contributed by atoms with Crippen LogP contribution in [0.3, 0.4) is 0 Å². The monoisotopic (exact) mass is 660 g/mol. The van der Waals surface area contributed by atoms with E-state index in [-0.39, 0.29) is 12.6 Å². The number of hydrogen-bond donors (Lipinski definition) is 1. The molecule has 0 aliphatic carbocycles. The maximum atomic E-state index is 12.7. The van der Waals surface area contributed by atoms with Gasteiger partial charge in [-0.25, -0.2) is 4.79 Å². The molecule has 0 amide bonds. The van der Waals surface area contributed by atoms with Crippen LogP contribution in [0.15, 0.2) is 72.8 Å². The first kappa shape index (κ1) is 38.6. The Labute approximate surface area is 288 Å². The highest BCUT2D eigenvalue weighted by molar-refractivity contribution is 5.91. The Hall–Kier alpha value is -3.84. The van der Waals surface area contributed by atoms with Crippen LogP contribution in [0.2, 0.25) is 0 Å². The lowest BCUT2D eigenvalue weighted by Crippen LogP contribution is -2.30. The molecule has 262 valence electrons. The summed E-state index contributed by atoms with van der Waals surface area (Å²) in [6.07, 6.45) is 12.6. The number of unbranched alkanes of at least 4 members (excludes halogenated alkanes) is 9. The number of benzene rings is 3. The van der Waals surface area contributed by atoms with Gasteiger partial charge in [-0.2, -0.15) is 0 Å². The van der Waals surface area contributed by atoms with E-state index in [9.17, 15) is 14.7 Å². The largest absolute Gasteiger partial charge is 0.494 e. The zero-order valence-electron chi connectivity index (χ0n) is 29.5. The van der Waals surface area contributed by atoms with Gasteiger partial charge >= 0.3 is 11.9 Å². The molecule has 0 bridgehead atoms. The van der Waals surface area contributed by atoms with Gasteiger partial charge in [0.05, 0.1) is 37.4 Å². The van der Waals surface area contributed by atoms with E-state index in [4.69, 9.17) is 18.9 Å². The van der Waals surface area contributed by atoms with Gasteiger partial charge in [-0.15, -0.1) is 0 Å². The average Bonchev–Trinajstić information content (AvgIpc) is 3.11. The van der Waals surface area contributed by atoms with Crippen molar-refractivity contribution in [2.45, 2.75) is 98.3 Å². The van der Waals surface area contributed by atoms with Crippen LogP contribution in [0.4, 0.5) is 0 Å². The van der Waals surface area contributed by atoms with Crippen molar-refractivity contribution in [3.63, 3.8) is 0 Å². The molecule has 0 radical (unpaired) electrons. The van der Waals surface area contributed by atoms with Crippen molar-refractivity contribution in [2.75, 3.05) is 26.4 Å². The van der Waals surface area contributed by atoms with E-state index in [0.29, 0.717) is 37.1 Å². The van der Waals surface area contributed by atoms with Crippen LogP contribution < -0.4 is 14.2 Å². The van der Waals surface area contributed by atoms with Gasteiger partial charge < -0.3 is 24.1 Å². The van der Waals surface area contributed by atoms with Crippen molar-refractivity contribution in [1.82, 2.24) is 0 Å². The third-order valence-electron chi connectivity index (χ3n) is 8.56. The highest BCUT2D eigenvalue weighted by atomic mass is 16.5. The van der Waals surface area contributed by atoms with E-state index < -0.39 is 11.4 Å². The first-order valence-corrected chi connectivity index (χ1v) is 17.8. The molecule has 7 nitrogen and oxygen atoms in total. The summed E-state index contributed by atoms with van der Waals surface area (Å²) < 4.78 is 22.5. The van der Waals surface area contributed by atoms with Gasteiger partial charge in [0.15, 0.2) is 0 Å². The highest BCUT2D eigenvalue weighted by Gasteiger charge is 2.28. The van der Waals surface area contributed by atoms with Gasteiger partial charge in [0.1, 0.15) is 17.2 Å². The maximum absolute atomic E-state index is 12.7. The van der Waals surface area contributed by atoms with Gasteiger partial charge in [0.2, 0.25) is 0 Å². The van der Waals surface area contributed by atoms with E-state index in [0.717, 1.165) is 48.3 Å². The SMILES string of the molecule is CCC(C)COc1ccc(OC(=O)c2ccc(-c3ccc(OCCCCCCCCCCCCOC(=O)C(C)(C)CO)cc3)cc2)cc1.